The van der Waals surface area contributed by atoms with Crippen LogP contribution in [0.2, 0.25) is 0 Å². The number of carbonyl (C=O) groups is 1. The van der Waals surface area contributed by atoms with Crippen molar-refractivity contribution in [1.82, 2.24) is 9.97 Å². The van der Waals surface area contributed by atoms with Gasteiger partial charge in [0.25, 0.3) is 0 Å². The first-order valence-corrected chi connectivity index (χ1v) is 8.59. The molecule has 6 heteroatoms. The van der Waals surface area contributed by atoms with Gasteiger partial charge in [0.05, 0.1) is 18.1 Å². The van der Waals surface area contributed by atoms with Crippen LogP contribution in [0.25, 0.3) is 11.3 Å². The second-order valence-corrected chi connectivity index (χ2v) is 6.77. The molecule has 1 aromatic carbocycles. The van der Waals surface area contributed by atoms with Crippen molar-refractivity contribution in [1.29, 1.82) is 0 Å². The Morgan fingerprint density at radius 3 is 2.64 bits per heavy atom. The maximum absolute atomic E-state index is 13.0. The smallest absolute Gasteiger partial charge is 0.231 e. The third-order valence-electron chi connectivity index (χ3n) is 5.06. The van der Waals surface area contributed by atoms with Gasteiger partial charge in [-0.25, -0.2) is 4.98 Å². The minimum Gasteiger partial charge on any atom is -0.382 e. The van der Waals surface area contributed by atoms with Gasteiger partial charge in [-0.1, -0.05) is 23.7 Å². The van der Waals surface area contributed by atoms with E-state index in [1.54, 1.807) is 6.20 Å². The molecule has 1 spiro atoms. The maximum Gasteiger partial charge on any atom is 0.231 e. The summed E-state index contributed by atoms with van der Waals surface area (Å²) in [5.41, 5.74) is 8.71. The zero-order valence-corrected chi connectivity index (χ0v) is 14.2. The fourth-order valence-electron chi connectivity index (χ4n) is 3.58. The SMILES string of the molecule is Cc1ccc(C2=NOC3(CCCCC3)C2=O)cc1-c1cnc(N)cn1. The van der Waals surface area contributed by atoms with Gasteiger partial charge >= 0.3 is 0 Å². The first-order chi connectivity index (χ1) is 12.1. The van der Waals surface area contributed by atoms with E-state index in [0.29, 0.717) is 17.2 Å². The lowest BCUT2D eigenvalue weighted by atomic mass is 9.79. The minimum atomic E-state index is -0.736. The number of carbonyl (C=O) groups excluding carboxylic acids is 1. The number of anilines is 1. The van der Waals surface area contributed by atoms with E-state index in [1.165, 1.54) is 6.20 Å². The molecule has 0 bridgehead atoms. The molecule has 1 aromatic heterocycles. The predicted octanol–water partition coefficient (Wildman–Crippen LogP) is 3.04. The van der Waals surface area contributed by atoms with Crippen LogP contribution in [0.3, 0.4) is 0 Å². The summed E-state index contributed by atoms with van der Waals surface area (Å²) >= 11 is 0. The number of oxime groups is 1. The molecule has 4 rings (SSSR count). The zero-order valence-electron chi connectivity index (χ0n) is 14.2. The molecule has 128 valence electrons. The van der Waals surface area contributed by atoms with Crippen molar-refractivity contribution in [2.75, 3.05) is 5.73 Å². The summed E-state index contributed by atoms with van der Waals surface area (Å²) in [6.45, 7) is 1.99. The Morgan fingerprint density at radius 1 is 1.12 bits per heavy atom. The van der Waals surface area contributed by atoms with Crippen LogP contribution in [-0.4, -0.2) is 27.1 Å². The summed E-state index contributed by atoms with van der Waals surface area (Å²) in [5.74, 6) is 0.380. The van der Waals surface area contributed by atoms with Crippen molar-refractivity contribution in [3.05, 3.63) is 41.7 Å². The van der Waals surface area contributed by atoms with Crippen LogP contribution in [0.15, 0.2) is 35.7 Å². The van der Waals surface area contributed by atoms with Gasteiger partial charge in [0.1, 0.15) is 5.82 Å². The summed E-state index contributed by atoms with van der Waals surface area (Å²) in [6.07, 6.45) is 7.84. The largest absolute Gasteiger partial charge is 0.382 e. The average Bonchev–Trinajstić information content (AvgIpc) is 2.93. The molecule has 0 atom stereocenters. The molecule has 6 nitrogen and oxygen atoms in total. The minimum absolute atomic E-state index is 0.00499. The van der Waals surface area contributed by atoms with Crippen LogP contribution in [0, 0.1) is 6.92 Å². The van der Waals surface area contributed by atoms with E-state index in [9.17, 15) is 4.79 Å². The Morgan fingerprint density at radius 2 is 1.92 bits per heavy atom. The molecular formula is C19H20N4O2. The third kappa shape index (κ3) is 2.67. The van der Waals surface area contributed by atoms with Crippen molar-refractivity contribution < 1.29 is 9.63 Å². The first-order valence-electron chi connectivity index (χ1n) is 8.59. The van der Waals surface area contributed by atoms with Crippen molar-refractivity contribution in [3.8, 4) is 11.3 Å². The van der Waals surface area contributed by atoms with Crippen LogP contribution in [0.1, 0.15) is 43.2 Å². The van der Waals surface area contributed by atoms with Crippen LogP contribution < -0.4 is 5.73 Å². The zero-order chi connectivity index (χ0) is 17.4. The molecule has 1 saturated carbocycles. The molecule has 1 aliphatic carbocycles. The highest BCUT2D eigenvalue weighted by atomic mass is 16.7. The van der Waals surface area contributed by atoms with Gasteiger partial charge in [-0.2, -0.15) is 0 Å². The Labute approximate surface area is 146 Å². The summed E-state index contributed by atoms with van der Waals surface area (Å²) in [4.78, 5) is 27.0. The number of aromatic nitrogens is 2. The molecule has 1 aliphatic heterocycles. The number of hydrogen-bond acceptors (Lipinski definition) is 6. The van der Waals surface area contributed by atoms with Crippen molar-refractivity contribution in [2.45, 2.75) is 44.6 Å². The van der Waals surface area contributed by atoms with Gasteiger partial charge in [0, 0.05) is 11.1 Å². The third-order valence-corrected chi connectivity index (χ3v) is 5.06. The van der Waals surface area contributed by atoms with E-state index in [2.05, 4.69) is 15.1 Å². The number of nitrogen functional groups attached to an aromatic ring is 1. The molecule has 0 amide bonds. The fourth-order valence-corrected chi connectivity index (χ4v) is 3.58. The van der Waals surface area contributed by atoms with Crippen LogP contribution >= 0.6 is 0 Å². The predicted molar refractivity (Wildman–Crippen MR) is 95.1 cm³/mol. The molecule has 2 heterocycles. The van der Waals surface area contributed by atoms with Gasteiger partial charge in [-0.15, -0.1) is 0 Å². The van der Waals surface area contributed by atoms with Gasteiger partial charge in [-0.05, 0) is 44.2 Å². The van der Waals surface area contributed by atoms with E-state index < -0.39 is 5.60 Å². The molecule has 25 heavy (non-hydrogen) atoms. The first kappa shape index (κ1) is 15.7. The molecule has 2 N–H and O–H groups in total. The van der Waals surface area contributed by atoms with E-state index in [0.717, 1.165) is 48.8 Å². The molecule has 0 unspecified atom stereocenters. The molecule has 0 saturated heterocycles. The van der Waals surface area contributed by atoms with Gasteiger partial charge in [0.15, 0.2) is 5.71 Å². The summed E-state index contributed by atoms with van der Waals surface area (Å²) in [6, 6.07) is 5.80. The Hall–Kier alpha value is -2.76. The van der Waals surface area contributed by atoms with Gasteiger partial charge in [-0.3, -0.25) is 9.78 Å². The van der Waals surface area contributed by atoms with Gasteiger partial charge in [0.2, 0.25) is 11.4 Å². The number of rotatable bonds is 2. The lowest BCUT2D eigenvalue weighted by Crippen LogP contribution is -2.41. The lowest BCUT2D eigenvalue weighted by Gasteiger charge is -2.28. The highest BCUT2D eigenvalue weighted by Gasteiger charge is 2.48. The maximum atomic E-state index is 13.0. The quantitative estimate of drug-likeness (QED) is 0.910. The number of ketones is 1. The molecule has 0 radical (unpaired) electrons. The van der Waals surface area contributed by atoms with E-state index >= 15 is 0 Å². The van der Waals surface area contributed by atoms with E-state index in [4.69, 9.17) is 10.6 Å². The monoisotopic (exact) mass is 336 g/mol. The fraction of sp³-hybridized carbons (Fsp3) is 0.368. The summed E-state index contributed by atoms with van der Waals surface area (Å²) in [7, 11) is 0. The summed E-state index contributed by atoms with van der Waals surface area (Å²) in [5, 5.41) is 4.15. The second kappa shape index (κ2) is 5.95. The normalized spacial score (nSPS) is 18.9. The number of nitrogens with zero attached hydrogens (tertiary/aromatic N) is 3. The molecule has 1 fully saturated rings. The number of nitrogens with two attached hydrogens (primary N) is 1. The Kier molecular flexibility index (Phi) is 3.75. The molecule has 2 aromatic rings. The number of benzene rings is 1. The highest BCUT2D eigenvalue weighted by molar-refractivity contribution is 6.49. The standard InChI is InChI=1S/C19H20N4O2/c1-12-5-6-13(9-14(12)15-10-22-16(20)11-21-15)17-18(24)19(25-23-17)7-3-2-4-8-19/h5-6,9-11H,2-4,7-8H2,1H3,(H2,20,22). The number of Topliss-reactive ketones (excluding diaryl/α,β-unsaturated/α-hetero) is 1. The van der Waals surface area contributed by atoms with Crippen molar-refractivity contribution in [2.24, 2.45) is 5.16 Å². The highest BCUT2D eigenvalue weighted by Crippen LogP contribution is 2.37. The number of hydrogen-bond donors (Lipinski definition) is 1. The van der Waals surface area contributed by atoms with E-state index in [1.807, 2.05) is 25.1 Å². The van der Waals surface area contributed by atoms with Crippen LogP contribution in [-0.2, 0) is 9.63 Å². The van der Waals surface area contributed by atoms with Gasteiger partial charge < -0.3 is 10.6 Å². The molecule has 2 aliphatic rings. The second-order valence-electron chi connectivity index (χ2n) is 6.77. The number of aryl methyl sites for hydroxylation is 1. The Balaban J connectivity index is 1.69. The topological polar surface area (TPSA) is 90.5 Å². The summed E-state index contributed by atoms with van der Waals surface area (Å²) < 4.78 is 0. The van der Waals surface area contributed by atoms with Crippen LogP contribution in [0.4, 0.5) is 5.82 Å². The van der Waals surface area contributed by atoms with E-state index in [-0.39, 0.29) is 5.78 Å². The van der Waals surface area contributed by atoms with Crippen molar-refractivity contribution >= 4 is 17.3 Å². The molecular weight excluding hydrogens is 316 g/mol. The lowest BCUT2D eigenvalue weighted by molar-refractivity contribution is -0.136. The average molecular weight is 336 g/mol. The van der Waals surface area contributed by atoms with Crippen molar-refractivity contribution in [3.63, 3.8) is 0 Å². The van der Waals surface area contributed by atoms with Crippen LogP contribution in [0.5, 0.6) is 0 Å². The Bertz CT molecular complexity index is 852.